The molecule has 0 aliphatic carbocycles. The number of ether oxygens (including phenoxy) is 4. The van der Waals surface area contributed by atoms with Crippen molar-refractivity contribution in [2.24, 2.45) is 0 Å². The summed E-state index contributed by atoms with van der Waals surface area (Å²) >= 11 is 0. The molecule has 10 nitrogen and oxygen atoms in total. The Morgan fingerprint density at radius 3 is 1.68 bits per heavy atom. The zero-order valence-corrected chi connectivity index (χ0v) is 38.6. The number of nitrogens with one attached hydrogen (secondary N) is 1. The van der Waals surface area contributed by atoms with E-state index < -0.39 is 38.0 Å². The van der Waals surface area contributed by atoms with Gasteiger partial charge in [0.05, 0.1) is 26.9 Å². The van der Waals surface area contributed by atoms with Crippen molar-refractivity contribution in [1.29, 1.82) is 0 Å². The van der Waals surface area contributed by atoms with Crippen molar-refractivity contribution in [3.8, 4) is 11.5 Å². The van der Waals surface area contributed by atoms with E-state index in [1.807, 2.05) is 91.9 Å². The number of carbonyl (C=O) groups is 1. The molecule has 1 fully saturated rings. The normalized spacial score (nSPS) is 16.5. The summed E-state index contributed by atoms with van der Waals surface area (Å²) in [5.41, 5.74) is 2.00. The highest BCUT2D eigenvalue weighted by Gasteiger charge is 2.54. The minimum absolute atomic E-state index is 0.0682. The van der Waals surface area contributed by atoms with Gasteiger partial charge < -0.3 is 28.7 Å². The molecule has 6 aromatic carbocycles. The van der Waals surface area contributed by atoms with E-state index in [1.54, 1.807) is 44.7 Å². The fraction of sp³-hybridized carbons (Fsp3) is 0.241. The number of rotatable bonds is 15. The first-order chi connectivity index (χ1) is 31.5. The Balaban J connectivity index is 1.24. The highest BCUT2D eigenvalue weighted by Crippen LogP contribution is 2.45. The van der Waals surface area contributed by atoms with Gasteiger partial charge in [0, 0.05) is 23.7 Å². The standard InChI is InChI=1S/C54H55N3O7Si/c1-38-36-57(52(59)56-50(38)55-51(58)39-19-11-7-12-20-39)49-35-47(64-65(53(2,3)4,45-23-15-9-16-24-45)46-25-17-10-18-26-46)48(63-49)37-62-54(40-21-13-8-14-22-40,41-27-31-43(60-5)32-28-41)42-29-33-44(61-6)34-30-42/h7-34,36,47-49H,35,37H2,1-6H3,(H,55,56,58,59)/t47-,48+,49+/m0/s1. The molecular formula is C54H55N3O7Si. The van der Waals surface area contributed by atoms with Gasteiger partial charge in [-0.05, 0) is 75.4 Å². The Bertz CT molecular complexity index is 2640. The topological polar surface area (TPSA) is 110 Å². The third-order valence-electron chi connectivity index (χ3n) is 12.3. The van der Waals surface area contributed by atoms with Crippen LogP contribution >= 0.6 is 0 Å². The summed E-state index contributed by atoms with van der Waals surface area (Å²) in [6.45, 7) is 8.61. The summed E-state index contributed by atoms with van der Waals surface area (Å²) in [5.74, 6) is 1.25. The second-order valence-electron chi connectivity index (χ2n) is 17.3. The van der Waals surface area contributed by atoms with Crippen LogP contribution in [0.15, 0.2) is 181 Å². The Hall–Kier alpha value is -6.63. The number of methoxy groups -OCH3 is 2. The predicted octanol–water partition coefficient (Wildman–Crippen LogP) is 9.06. The van der Waals surface area contributed by atoms with Gasteiger partial charge in [-0.1, -0.05) is 154 Å². The molecule has 1 N–H and O–H groups in total. The highest BCUT2D eigenvalue weighted by atomic mass is 28.4. The van der Waals surface area contributed by atoms with Crippen LogP contribution in [-0.4, -0.2) is 56.8 Å². The van der Waals surface area contributed by atoms with E-state index in [1.165, 1.54) is 4.57 Å². The first-order valence-corrected chi connectivity index (χ1v) is 23.8. The Morgan fingerprint density at radius 1 is 0.708 bits per heavy atom. The van der Waals surface area contributed by atoms with Gasteiger partial charge >= 0.3 is 5.69 Å². The smallest absolute Gasteiger partial charge is 0.351 e. The highest BCUT2D eigenvalue weighted by molar-refractivity contribution is 6.99. The van der Waals surface area contributed by atoms with E-state index >= 15 is 0 Å². The van der Waals surface area contributed by atoms with E-state index in [0.29, 0.717) is 29.0 Å². The van der Waals surface area contributed by atoms with E-state index in [2.05, 4.69) is 91.7 Å². The summed E-state index contributed by atoms with van der Waals surface area (Å²) in [6, 6.07) is 55.8. The van der Waals surface area contributed by atoms with Crippen LogP contribution < -0.4 is 30.9 Å². The van der Waals surface area contributed by atoms with Gasteiger partial charge in [-0.25, -0.2) is 4.79 Å². The van der Waals surface area contributed by atoms with Crippen LogP contribution in [-0.2, 0) is 19.5 Å². The molecule has 1 aromatic heterocycles. The maximum absolute atomic E-state index is 14.1. The molecule has 0 bridgehead atoms. The van der Waals surface area contributed by atoms with Crippen LogP contribution in [0.1, 0.15) is 66.0 Å². The van der Waals surface area contributed by atoms with Gasteiger partial charge in [0.25, 0.3) is 14.2 Å². The molecule has 7 aromatic rings. The van der Waals surface area contributed by atoms with Gasteiger partial charge in [-0.2, -0.15) is 4.98 Å². The van der Waals surface area contributed by atoms with Gasteiger partial charge in [-0.3, -0.25) is 9.36 Å². The summed E-state index contributed by atoms with van der Waals surface area (Å²) < 4.78 is 35.1. The van der Waals surface area contributed by atoms with Crippen molar-refractivity contribution < 1.29 is 28.2 Å². The molecule has 0 unspecified atom stereocenters. The van der Waals surface area contributed by atoms with Crippen molar-refractivity contribution in [2.75, 3.05) is 26.1 Å². The second-order valence-corrected chi connectivity index (χ2v) is 21.5. The van der Waals surface area contributed by atoms with Gasteiger partial charge in [0.2, 0.25) is 0 Å². The van der Waals surface area contributed by atoms with E-state index in [-0.39, 0.29) is 23.4 Å². The number of hydrogen-bond acceptors (Lipinski definition) is 8. The summed E-state index contributed by atoms with van der Waals surface area (Å²) in [7, 11) is 0.125. The first-order valence-electron chi connectivity index (χ1n) is 21.9. The average molecular weight is 886 g/mol. The van der Waals surface area contributed by atoms with Crippen molar-refractivity contribution in [3.05, 3.63) is 214 Å². The van der Waals surface area contributed by atoms with Crippen molar-refractivity contribution >= 4 is 30.4 Å². The van der Waals surface area contributed by atoms with Crippen LogP contribution in [0.5, 0.6) is 11.5 Å². The predicted molar refractivity (Wildman–Crippen MR) is 257 cm³/mol. The Morgan fingerprint density at radius 2 is 1.18 bits per heavy atom. The molecule has 1 aliphatic heterocycles. The van der Waals surface area contributed by atoms with Gasteiger partial charge in [0.1, 0.15) is 35.2 Å². The molecule has 0 saturated carbocycles. The van der Waals surface area contributed by atoms with E-state index in [9.17, 15) is 9.59 Å². The fourth-order valence-electron chi connectivity index (χ4n) is 9.01. The fourth-order valence-corrected chi connectivity index (χ4v) is 13.7. The lowest BCUT2D eigenvalue weighted by atomic mass is 9.80. The number of hydrogen-bond donors (Lipinski definition) is 1. The molecule has 1 aliphatic rings. The molecule has 1 amide bonds. The van der Waals surface area contributed by atoms with Crippen molar-refractivity contribution in [1.82, 2.24) is 9.55 Å². The van der Waals surface area contributed by atoms with Crippen LogP contribution in [0, 0.1) is 6.92 Å². The number of aryl methyl sites for hydroxylation is 1. The quantitative estimate of drug-likeness (QED) is 0.0803. The molecule has 8 rings (SSSR count). The van der Waals surface area contributed by atoms with Crippen molar-refractivity contribution in [3.63, 3.8) is 0 Å². The third kappa shape index (κ3) is 9.05. The minimum atomic E-state index is -3.17. The lowest BCUT2D eigenvalue weighted by Gasteiger charge is -2.45. The minimum Gasteiger partial charge on any atom is -0.497 e. The second kappa shape index (κ2) is 19.2. The van der Waals surface area contributed by atoms with Crippen molar-refractivity contribution in [2.45, 2.75) is 63.2 Å². The Kier molecular flexibility index (Phi) is 13.3. The third-order valence-corrected chi connectivity index (χ3v) is 17.3. The largest absolute Gasteiger partial charge is 0.497 e. The molecule has 332 valence electrons. The number of amides is 1. The van der Waals surface area contributed by atoms with Gasteiger partial charge in [-0.15, -0.1) is 0 Å². The number of anilines is 1. The first kappa shape index (κ1) is 45.0. The number of benzene rings is 6. The van der Waals surface area contributed by atoms with Crippen LogP contribution in [0.3, 0.4) is 0 Å². The Labute approximate surface area is 381 Å². The molecule has 0 radical (unpaired) electrons. The summed E-state index contributed by atoms with van der Waals surface area (Å²) in [4.78, 5) is 31.7. The zero-order valence-electron chi connectivity index (χ0n) is 37.6. The van der Waals surface area contributed by atoms with E-state index in [0.717, 1.165) is 27.1 Å². The monoisotopic (exact) mass is 885 g/mol. The average Bonchev–Trinajstić information content (AvgIpc) is 3.74. The van der Waals surface area contributed by atoms with E-state index in [4.69, 9.17) is 23.4 Å². The van der Waals surface area contributed by atoms with Crippen LogP contribution in [0.4, 0.5) is 5.82 Å². The van der Waals surface area contributed by atoms with Crippen LogP contribution in [0.25, 0.3) is 0 Å². The summed E-state index contributed by atoms with van der Waals surface area (Å²) in [6.07, 6.45) is 0.00494. The number of carbonyl (C=O) groups excluding carboxylic acids is 1. The molecule has 11 heteroatoms. The molecular weight excluding hydrogens is 831 g/mol. The molecule has 2 heterocycles. The lowest BCUT2D eigenvalue weighted by Crippen LogP contribution is -2.68. The lowest BCUT2D eigenvalue weighted by molar-refractivity contribution is -0.0925. The van der Waals surface area contributed by atoms with Gasteiger partial charge in [0.15, 0.2) is 0 Å². The maximum atomic E-state index is 14.1. The zero-order chi connectivity index (χ0) is 45.6. The maximum Gasteiger partial charge on any atom is 0.351 e. The molecule has 1 saturated heterocycles. The summed E-state index contributed by atoms with van der Waals surface area (Å²) in [5, 5.41) is 4.70. The number of nitrogens with zero attached hydrogens (tertiary/aromatic N) is 2. The molecule has 0 spiro atoms. The van der Waals surface area contributed by atoms with Crippen LogP contribution in [0.2, 0.25) is 5.04 Å². The molecule has 3 atom stereocenters. The SMILES string of the molecule is COc1ccc(C(OC[C@H]2O[C@@H](n3cc(C)c(NC(=O)c4ccccc4)nc3=O)C[C@@H]2O[Si](c2ccccc2)(c2ccccc2)C(C)(C)C)(c2ccccc2)c2ccc(OC)cc2)cc1. The molecule has 65 heavy (non-hydrogen) atoms. The number of aromatic nitrogens is 2.